The molecule has 9 rings (SSSR count). The minimum atomic E-state index is -1.00. The smallest absolute Gasteiger partial charge is 0.335 e. The fourth-order valence-corrected chi connectivity index (χ4v) is 7.75. The molecule has 0 fully saturated rings. The Kier molecular flexibility index (Phi) is 10.2. The minimum Gasteiger partial charge on any atom is -0.478 e. The Balaban J connectivity index is 1.21. The summed E-state index contributed by atoms with van der Waals surface area (Å²) >= 11 is 0. The molecule has 0 amide bonds. The molecule has 0 heterocycles. The zero-order valence-electron chi connectivity index (χ0n) is 32.5. The molecular weight excluding hydrogens is 757 g/mol. The lowest BCUT2D eigenvalue weighted by Gasteiger charge is -2.34. The maximum atomic E-state index is 11.5. The third-order valence-corrected chi connectivity index (χ3v) is 10.6. The van der Waals surface area contributed by atoms with Gasteiger partial charge in [-0.2, -0.15) is 0 Å². The molecule has 0 saturated carbocycles. The second-order valence-electron chi connectivity index (χ2n) is 14.4. The van der Waals surface area contributed by atoms with Gasteiger partial charge in [-0.3, -0.25) is 0 Å². The van der Waals surface area contributed by atoms with Gasteiger partial charge < -0.3 is 19.7 Å². The summed E-state index contributed by atoms with van der Waals surface area (Å²) in [5.41, 5.74) is 9.23. The quantitative estimate of drug-likeness (QED) is 0.149. The Morgan fingerprint density at radius 3 is 1.05 bits per heavy atom. The van der Waals surface area contributed by atoms with Gasteiger partial charge in [-0.25, -0.2) is 9.59 Å². The van der Waals surface area contributed by atoms with Gasteiger partial charge in [0.2, 0.25) is 0 Å². The number of benzene rings is 8. The maximum Gasteiger partial charge on any atom is 0.335 e. The number of hydrogen-bond acceptors (Lipinski definition) is 4. The summed E-state index contributed by atoms with van der Waals surface area (Å²) < 4.78 is 12.4. The molecule has 0 aromatic heterocycles. The Morgan fingerprint density at radius 1 is 0.377 bits per heavy atom. The molecule has 8 aromatic carbocycles. The van der Waals surface area contributed by atoms with Crippen LogP contribution in [0.4, 0.5) is 0 Å². The first kappa shape index (κ1) is 38.0. The fourth-order valence-electron chi connectivity index (χ4n) is 7.75. The van der Waals surface area contributed by atoms with Crippen LogP contribution in [-0.4, -0.2) is 22.2 Å². The van der Waals surface area contributed by atoms with Gasteiger partial charge in [0.05, 0.1) is 16.5 Å². The Morgan fingerprint density at radius 2 is 0.705 bits per heavy atom. The summed E-state index contributed by atoms with van der Waals surface area (Å²) in [6.07, 6.45) is 0. The van der Waals surface area contributed by atoms with Crippen molar-refractivity contribution in [3.05, 3.63) is 250 Å². The normalized spacial score (nSPS) is 11.7. The van der Waals surface area contributed by atoms with Crippen molar-refractivity contribution in [3.8, 4) is 57.8 Å². The zero-order chi connectivity index (χ0) is 41.8. The van der Waals surface area contributed by atoms with Gasteiger partial charge >= 0.3 is 11.9 Å². The molecule has 0 aliphatic heterocycles. The number of fused-ring (bicyclic) bond motifs is 3. The number of aromatic carboxylic acids is 2. The summed E-state index contributed by atoms with van der Waals surface area (Å²) in [6.45, 7) is 0. The third-order valence-electron chi connectivity index (χ3n) is 10.6. The van der Waals surface area contributed by atoms with Crippen molar-refractivity contribution in [3.63, 3.8) is 0 Å². The van der Waals surface area contributed by atoms with E-state index in [2.05, 4.69) is 84.3 Å². The van der Waals surface area contributed by atoms with Crippen LogP contribution >= 0.6 is 0 Å². The van der Waals surface area contributed by atoms with Crippen molar-refractivity contribution in [1.82, 2.24) is 0 Å². The van der Waals surface area contributed by atoms with E-state index in [1.165, 1.54) is 24.3 Å². The summed E-state index contributed by atoms with van der Waals surface area (Å²) in [4.78, 5) is 22.9. The minimum absolute atomic E-state index is 0.177. The topological polar surface area (TPSA) is 93.1 Å². The van der Waals surface area contributed by atoms with E-state index in [1.807, 2.05) is 84.9 Å². The average Bonchev–Trinajstić information content (AvgIpc) is 3.58. The van der Waals surface area contributed by atoms with Crippen LogP contribution in [0.2, 0.25) is 0 Å². The van der Waals surface area contributed by atoms with Crippen LogP contribution in [0.5, 0.6) is 23.0 Å². The molecule has 6 heteroatoms. The van der Waals surface area contributed by atoms with E-state index in [1.54, 1.807) is 24.3 Å². The highest BCUT2D eigenvalue weighted by atomic mass is 16.5. The van der Waals surface area contributed by atoms with E-state index in [0.29, 0.717) is 23.0 Å². The molecule has 0 atom stereocenters. The lowest BCUT2D eigenvalue weighted by atomic mass is 9.67. The van der Waals surface area contributed by atoms with Crippen LogP contribution in [0, 0.1) is 23.7 Å². The van der Waals surface area contributed by atoms with Gasteiger partial charge in [-0.05, 0) is 155 Å². The van der Waals surface area contributed by atoms with Gasteiger partial charge in [0.1, 0.15) is 23.0 Å². The van der Waals surface area contributed by atoms with E-state index in [9.17, 15) is 19.8 Å². The molecule has 1 aliphatic rings. The highest BCUT2D eigenvalue weighted by Crippen LogP contribution is 2.57. The van der Waals surface area contributed by atoms with Crippen molar-refractivity contribution in [2.24, 2.45) is 0 Å². The van der Waals surface area contributed by atoms with Crippen LogP contribution in [0.3, 0.4) is 0 Å². The summed E-state index contributed by atoms with van der Waals surface area (Å²) in [7, 11) is 0. The molecule has 0 radical (unpaired) electrons. The van der Waals surface area contributed by atoms with E-state index >= 15 is 0 Å². The number of hydrogen-bond donors (Lipinski definition) is 2. The van der Waals surface area contributed by atoms with Gasteiger partial charge in [0.15, 0.2) is 0 Å². The predicted octanol–water partition coefficient (Wildman–Crippen LogP) is 11.8. The van der Waals surface area contributed by atoms with Gasteiger partial charge in [-0.1, -0.05) is 96.5 Å². The third kappa shape index (κ3) is 7.74. The van der Waals surface area contributed by atoms with Crippen LogP contribution in [-0.2, 0) is 5.41 Å². The van der Waals surface area contributed by atoms with Crippen LogP contribution in [0.1, 0.15) is 65.2 Å². The Hall–Kier alpha value is -8.58. The Bertz CT molecular complexity index is 2830. The van der Waals surface area contributed by atoms with Crippen molar-refractivity contribution in [2.45, 2.75) is 5.41 Å². The SMILES string of the molecule is O=C(O)c1ccc(Oc2ccc(C3(c4ccc(Oc5ccc(C(=O)O)cc5)cc4)c4cc(C#Cc5ccccc5)ccc4-c4ccc(C#Cc5ccccc5)cc43)cc2)cc1. The number of carbonyl (C=O) groups is 2. The standard InChI is InChI=1S/C55H34O6/c56-53(57)41-17-25-45(26-18-41)60-47-29-21-43(22-30-47)55(44-23-31-48(32-24-44)61-46-27-19-42(20-28-46)54(58)59)51-35-39(13-11-37-7-3-1-4-8-37)15-33-49(51)50-34-16-40(36-52(50)55)14-12-38-9-5-2-6-10-38/h1-10,15-36H,(H,56,57)(H,58,59). The molecule has 61 heavy (non-hydrogen) atoms. The summed E-state index contributed by atoms with van der Waals surface area (Å²) in [6, 6.07) is 61.2. The number of ether oxygens (including phenoxy) is 2. The van der Waals surface area contributed by atoms with Gasteiger partial charge in [0.25, 0.3) is 0 Å². The lowest BCUT2D eigenvalue weighted by Crippen LogP contribution is -2.28. The molecule has 2 N–H and O–H groups in total. The molecule has 8 aromatic rings. The summed E-state index contributed by atoms with van der Waals surface area (Å²) in [5, 5.41) is 18.8. The lowest BCUT2D eigenvalue weighted by molar-refractivity contribution is 0.0686. The predicted molar refractivity (Wildman–Crippen MR) is 236 cm³/mol. The van der Waals surface area contributed by atoms with E-state index in [4.69, 9.17) is 9.47 Å². The highest BCUT2D eigenvalue weighted by Gasteiger charge is 2.46. The second-order valence-corrected chi connectivity index (χ2v) is 14.4. The second kappa shape index (κ2) is 16.3. The van der Waals surface area contributed by atoms with Crippen molar-refractivity contribution in [1.29, 1.82) is 0 Å². The molecule has 0 spiro atoms. The van der Waals surface area contributed by atoms with Gasteiger partial charge in [0, 0.05) is 22.3 Å². The van der Waals surface area contributed by atoms with E-state index in [0.717, 1.165) is 55.6 Å². The van der Waals surface area contributed by atoms with Crippen molar-refractivity contribution in [2.75, 3.05) is 0 Å². The molecule has 1 aliphatic carbocycles. The molecular formula is C55H34O6. The van der Waals surface area contributed by atoms with E-state index < -0.39 is 17.4 Å². The highest BCUT2D eigenvalue weighted by molar-refractivity contribution is 5.89. The first-order valence-corrected chi connectivity index (χ1v) is 19.5. The fraction of sp³-hybridized carbons (Fsp3) is 0.0182. The van der Waals surface area contributed by atoms with Crippen LogP contribution in [0.25, 0.3) is 11.1 Å². The largest absolute Gasteiger partial charge is 0.478 e. The van der Waals surface area contributed by atoms with Gasteiger partial charge in [-0.15, -0.1) is 0 Å². The molecule has 0 unspecified atom stereocenters. The first-order chi connectivity index (χ1) is 29.8. The summed E-state index contributed by atoms with van der Waals surface area (Å²) in [5.74, 6) is 13.7. The molecule has 6 nitrogen and oxygen atoms in total. The van der Waals surface area contributed by atoms with E-state index in [-0.39, 0.29) is 11.1 Å². The first-order valence-electron chi connectivity index (χ1n) is 19.5. The number of rotatable bonds is 8. The average molecular weight is 791 g/mol. The molecule has 0 bridgehead atoms. The monoisotopic (exact) mass is 790 g/mol. The molecule has 290 valence electrons. The Labute approximate surface area is 353 Å². The van der Waals surface area contributed by atoms with Crippen molar-refractivity contribution >= 4 is 11.9 Å². The number of carboxylic acids is 2. The maximum absolute atomic E-state index is 11.5. The molecule has 0 saturated heterocycles. The van der Waals surface area contributed by atoms with Crippen LogP contribution in [0.15, 0.2) is 194 Å². The van der Waals surface area contributed by atoms with Crippen molar-refractivity contribution < 1.29 is 29.3 Å². The van der Waals surface area contributed by atoms with Crippen LogP contribution < -0.4 is 9.47 Å². The zero-order valence-corrected chi connectivity index (χ0v) is 32.5. The number of carboxylic acid groups (broad SMARTS) is 2.